The first kappa shape index (κ1) is 33.2. The molecule has 0 aliphatic carbocycles. The number of benzene rings is 3. The second kappa shape index (κ2) is 16.4. The van der Waals surface area contributed by atoms with Gasteiger partial charge in [0.15, 0.2) is 5.78 Å². The molecule has 0 bridgehead atoms. The molecule has 3 aliphatic rings. The number of phenolic OH excluding ortho intramolecular Hbond substituents is 2. The van der Waals surface area contributed by atoms with Crippen LogP contribution in [0.5, 0.6) is 11.5 Å². The van der Waals surface area contributed by atoms with Gasteiger partial charge in [-0.15, -0.1) is 0 Å². The van der Waals surface area contributed by atoms with Crippen LogP contribution < -0.4 is 9.80 Å². The molecule has 0 unspecified atom stereocenters. The SMILES string of the molecule is CN(CC(=O)c1ccc(N2CCOCC2)cc1O)Cc1ccccc1.O=C(c1ccc(N2CCOCC2)cc1O)N1CCCCC1. The van der Waals surface area contributed by atoms with E-state index < -0.39 is 0 Å². The second-order valence-electron chi connectivity index (χ2n) is 12.0. The van der Waals surface area contributed by atoms with Gasteiger partial charge in [0, 0.05) is 69.3 Å². The zero-order valence-electron chi connectivity index (χ0n) is 26.8. The Morgan fingerprint density at radius 1 is 0.696 bits per heavy atom. The van der Waals surface area contributed by atoms with E-state index in [-0.39, 0.29) is 29.7 Å². The summed E-state index contributed by atoms with van der Waals surface area (Å²) >= 11 is 0. The van der Waals surface area contributed by atoms with E-state index in [1.165, 1.54) is 6.42 Å². The van der Waals surface area contributed by atoms with Gasteiger partial charge in [-0.3, -0.25) is 14.5 Å². The number of amides is 1. The number of phenols is 2. The number of likely N-dealkylation sites (tertiary alicyclic amines) is 1. The van der Waals surface area contributed by atoms with Gasteiger partial charge < -0.3 is 34.4 Å². The Hall–Kier alpha value is -4.12. The maximum Gasteiger partial charge on any atom is 0.257 e. The van der Waals surface area contributed by atoms with E-state index in [1.807, 2.05) is 59.3 Å². The number of carbonyl (C=O) groups excluding carboxylic acids is 2. The molecule has 3 aromatic rings. The zero-order chi connectivity index (χ0) is 32.3. The van der Waals surface area contributed by atoms with Crippen LogP contribution in [0.3, 0.4) is 0 Å². The van der Waals surface area contributed by atoms with Gasteiger partial charge in [0.1, 0.15) is 11.5 Å². The van der Waals surface area contributed by atoms with Crippen LogP contribution in [0.2, 0.25) is 0 Å². The van der Waals surface area contributed by atoms with Gasteiger partial charge in [0.05, 0.1) is 44.1 Å². The molecule has 0 radical (unpaired) electrons. The van der Waals surface area contributed by atoms with Gasteiger partial charge in [-0.05, 0) is 56.1 Å². The van der Waals surface area contributed by atoms with Crippen molar-refractivity contribution in [3.63, 3.8) is 0 Å². The molecule has 3 heterocycles. The van der Waals surface area contributed by atoms with Gasteiger partial charge in [0.25, 0.3) is 5.91 Å². The van der Waals surface area contributed by atoms with Crippen molar-refractivity contribution in [3.05, 3.63) is 83.4 Å². The molecule has 3 saturated heterocycles. The number of nitrogens with zero attached hydrogens (tertiary/aromatic N) is 4. The summed E-state index contributed by atoms with van der Waals surface area (Å²) in [6.45, 7) is 8.56. The number of hydrogen-bond donors (Lipinski definition) is 2. The van der Waals surface area contributed by atoms with Crippen molar-refractivity contribution in [1.82, 2.24) is 9.80 Å². The maximum atomic E-state index is 12.5. The molecular weight excluding hydrogens is 584 g/mol. The number of likely N-dealkylation sites (N-methyl/N-ethyl adjacent to an activating group) is 1. The summed E-state index contributed by atoms with van der Waals surface area (Å²) in [6, 6.07) is 20.7. The van der Waals surface area contributed by atoms with Crippen molar-refractivity contribution in [2.45, 2.75) is 25.8 Å². The fraction of sp³-hybridized carbons (Fsp3) is 0.444. The summed E-state index contributed by atoms with van der Waals surface area (Å²) in [5.74, 6) is -0.0122. The monoisotopic (exact) mass is 630 g/mol. The first-order valence-corrected chi connectivity index (χ1v) is 16.3. The third-order valence-corrected chi connectivity index (χ3v) is 8.60. The summed E-state index contributed by atoms with van der Waals surface area (Å²) in [4.78, 5) is 33.1. The van der Waals surface area contributed by atoms with Crippen LogP contribution >= 0.6 is 0 Å². The molecule has 1 amide bonds. The molecule has 246 valence electrons. The van der Waals surface area contributed by atoms with Crippen LogP contribution in [0.1, 0.15) is 45.5 Å². The highest BCUT2D eigenvalue weighted by Gasteiger charge is 2.22. The number of carbonyl (C=O) groups is 2. The van der Waals surface area contributed by atoms with E-state index in [0.717, 1.165) is 69.0 Å². The van der Waals surface area contributed by atoms with Gasteiger partial charge in [-0.25, -0.2) is 0 Å². The third kappa shape index (κ3) is 8.99. The Labute approximate surface area is 271 Å². The molecule has 6 rings (SSSR count). The standard InChI is InChI=1S/C20H24N2O3.C16H22N2O3/c1-21(14-16-5-3-2-4-6-16)15-20(24)18-8-7-17(13-19(18)23)22-9-11-25-12-10-22;19-15-12-13(17-8-10-21-11-9-17)4-5-14(15)16(20)18-6-2-1-3-7-18/h2-8,13,23H,9-12,14-15H2,1H3;4-5,12,19H,1-3,6-11H2. The number of rotatable bonds is 8. The molecule has 46 heavy (non-hydrogen) atoms. The Balaban J connectivity index is 0.000000184. The number of morpholine rings is 2. The highest BCUT2D eigenvalue weighted by molar-refractivity contribution is 6.00. The molecule has 0 saturated carbocycles. The number of ketones is 1. The largest absolute Gasteiger partial charge is 0.507 e. The van der Waals surface area contributed by atoms with Crippen LogP contribution in [-0.4, -0.2) is 111 Å². The van der Waals surface area contributed by atoms with E-state index >= 15 is 0 Å². The Kier molecular flexibility index (Phi) is 11.9. The smallest absolute Gasteiger partial charge is 0.257 e. The van der Waals surface area contributed by atoms with Gasteiger partial charge in [-0.2, -0.15) is 0 Å². The van der Waals surface area contributed by atoms with Crippen molar-refractivity contribution in [1.29, 1.82) is 0 Å². The number of anilines is 2. The minimum atomic E-state index is -0.0792. The van der Waals surface area contributed by atoms with Crippen molar-refractivity contribution in [3.8, 4) is 11.5 Å². The average Bonchev–Trinajstić information content (AvgIpc) is 3.09. The van der Waals surface area contributed by atoms with Gasteiger partial charge >= 0.3 is 0 Å². The molecule has 3 aromatic carbocycles. The van der Waals surface area contributed by atoms with Gasteiger partial charge in [0.2, 0.25) is 0 Å². The summed E-state index contributed by atoms with van der Waals surface area (Å²) < 4.78 is 10.7. The van der Waals surface area contributed by atoms with E-state index in [2.05, 4.69) is 9.80 Å². The van der Waals surface area contributed by atoms with Crippen molar-refractivity contribution < 1.29 is 29.3 Å². The van der Waals surface area contributed by atoms with Crippen LogP contribution in [0.25, 0.3) is 0 Å². The van der Waals surface area contributed by atoms with E-state index in [9.17, 15) is 19.8 Å². The van der Waals surface area contributed by atoms with Crippen molar-refractivity contribution in [2.24, 2.45) is 0 Å². The Bertz CT molecular complexity index is 1430. The molecule has 10 heteroatoms. The molecule has 10 nitrogen and oxygen atoms in total. The lowest BCUT2D eigenvalue weighted by molar-refractivity contribution is 0.0721. The normalized spacial score (nSPS) is 17.0. The number of Topliss-reactive ketones (excluding diaryl/α,β-unsaturated/α-hetero) is 1. The first-order valence-electron chi connectivity index (χ1n) is 16.3. The predicted molar refractivity (Wildman–Crippen MR) is 179 cm³/mol. The third-order valence-electron chi connectivity index (χ3n) is 8.60. The van der Waals surface area contributed by atoms with Crippen molar-refractivity contribution >= 4 is 23.1 Å². The lowest BCUT2D eigenvalue weighted by Gasteiger charge is -2.30. The number of ether oxygens (including phenoxy) is 2. The lowest BCUT2D eigenvalue weighted by atomic mass is 10.1. The number of piperidine rings is 1. The average molecular weight is 631 g/mol. The molecule has 0 spiro atoms. The summed E-state index contributed by atoms with van der Waals surface area (Å²) in [7, 11) is 1.91. The highest BCUT2D eigenvalue weighted by Crippen LogP contribution is 2.28. The summed E-state index contributed by atoms with van der Waals surface area (Å²) in [6.07, 6.45) is 3.29. The van der Waals surface area contributed by atoms with E-state index in [0.29, 0.717) is 44.1 Å². The maximum absolute atomic E-state index is 12.5. The van der Waals surface area contributed by atoms with E-state index in [1.54, 1.807) is 24.3 Å². The van der Waals surface area contributed by atoms with Crippen LogP contribution in [0, 0.1) is 0 Å². The van der Waals surface area contributed by atoms with Gasteiger partial charge in [-0.1, -0.05) is 30.3 Å². The predicted octanol–water partition coefficient (Wildman–Crippen LogP) is 4.40. The number of aromatic hydroxyl groups is 2. The fourth-order valence-corrected chi connectivity index (χ4v) is 6.04. The lowest BCUT2D eigenvalue weighted by Crippen LogP contribution is -2.36. The van der Waals surface area contributed by atoms with Crippen LogP contribution in [0.4, 0.5) is 11.4 Å². The molecule has 0 aromatic heterocycles. The Morgan fingerprint density at radius 3 is 1.74 bits per heavy atom. The molecule has 0 atom stereocenters. The molecular formula is C36H46N4O6. The molecule has 3 fully saturated rings. The van der Waals surface area contributed by atoms with Crippen molar-refractivity contribution in [2.75, 3.05) is 89.1 Å². The zero-order valence-corrected chi connectivity index (χ0v) is 26.8. The Morgan fingerprint density at radius 2 is 1.22 bits per heavy atom. The summed E-state index contributed by atoms with van der Waals surface area (Å²) in [5.41, 5.74) is 3.82. The molecule has 3 aliphatic heterocycles. The van der Waals surface area contributed by atoms with Crippen LogP contribution in [0.15, 0.2) is 66.7 Å². The quantitative estimate of drug-likeness (QED) is 0.351. The minimum Gasteiger partial charge on any atom is -0.507 e. The minimum absolute atomic E-state index is 0.0436. The topological polar surface area (TPSA) is 106 Å². The van der Waals surface area contributed by atoms with Crippen LogP contribution in [-0.2, 0) is 16.0 Å². The number of hydrogen-bond acceptors (Lipinski definition) is 9. The van der Waals surface area contributed by atoms with E-state index in [4.69, 9.17) is 9.47 Å². The highest BCUT2D eigenvalue weighted by atomic mass is 16.5. The first-order chi connectivity index (χ1) is 22.4. The molecule has 2 N–H and O–H groups in total. The summed E-state index contributed by atoms with van der Waals surface area (Å²) in [5, 5.41) is 20.5. The fourth-order valence-electron chi connectivity index (χ4n) is 6.04. The second-order valence-corrected chi connectivity index (χ2v) is 12.0.